The van der Waals surface area contributed by atoms with Gasteiger partial charge in [0, 0.05) is 25.3 Å². The zero-order valence-electron chi connectivity index (χ0n) is 12.7. The van der Waals surface area contributed by atoms with Crippen molar-refractivity contribution in [3.8, 4) is 0 Å². The van der Waals surface area contributed by atoms with Gasteiger partial charge in [0.15, 0.2) is 0 Å². The highest BCUT2D eigenvalue weighted by molar-refractivity contribution is 6.33. The maximum absolute atomic E-state index is 12.2. The maximum Gasteiger partial charge on any atom is 0.270 e. The van der Waals surface area contributed by atoms with Gasteiger partial charge in [-0.05, 0) is 30.7 Å². The minimum absolute atomic E-state index is 0.0603. The quantitative estimate of drug-likeness (QED) is 0.566. The van der Waals surface area contributed by atoms with Crippen LogP contribution in [0.3, 0.4) is 0 Å². The number of nitrogens with zero attached hydrogens (tertiary/aromatic N) is 1. The van der Waals surface area contributed by atoms with Crippen molar-refractivity contribution in [3.63, 3.8) is 0 Å². The number of nitro benzene ring substituents is 1. The molecule has 6 nitrogen and oxygen atoms in total. The largest absolute Gasteiger partial charge is 0.396 e. The Kier molecular flexibility index (Phi) is 7.27. The molecule has 7 heteroatoms. The molecule has 0 fully saturated rings. The molecule has 0 saturated heterocycles. The Morgan fingerprint density at radius 2 is 2.14 bits per heavy atom. The zero-order valence-corrected chi connectivity index (χ0v) is 13.5. The second-order valence-corrected chi connectivity index (χ2v) is 6.05. The van der Waals surface area contributed by atoms with Gasteiger partial charge in [-0.1, -0.05) is 25.4 Å². The number of amides is 1. The summed E-state index contributed by atoms with van der Waals surface area (Å²) in [6.45, 7) is 4.61. The molecule has 1 aromatic carbocycles. The van der Waals surface area contributed by atoms with Crippen LogP contribution < -0.4 is 5.32 Å². The van der Waals surface area contributed by atoms with Gasteiger partial charge in [0.2, 0.25) is 0 Å². The summed E-state index contributed by atoms with van der Waals surface area (Å²) in [6, 6.07) is 3.77. The smallest absolute Gasteiger partial charge is 0.270 e. The van der Waals surface area contributed by atoms with E-state index in [1.54, 1.807) is 0 Å². The number of nitro groups is 1. The molecule has 1 unspecified atom stereocenters. The number of benzene rings is 1. The first-order chi connectivity index (χ1) is 10.3. The molecule has 1 atom stereocenters. The van der Waals surface area contributed by atoms with Crippen LogP contribution in [0.5, 0.6) is 0 Å². The molecule has 1 rings (SSSR count). The molecule has 2 N–H and O–H groups in total. The minimum atomic E-state index is -0.569. The lowest BCUT2D eigenvalue weighted by molar-refractivity contribution is -0.384. The molecule has 0 aromatic heterocycles. The van der Waals surface area contributed by atoms with Crippen molar-refractivity contribution < 1.29 is 14.8 Å². The molecule has 122 valence electrons. The van der Waals surface area contributed by atoms with Gasteiger partial charge in [-0.25, -0.2) is 0 Å². The Hall–Kier alpha value is -1.66. The molecular weight excluding hydrogens is 308 g/mol. The Labute approximate surface area is 134 Å². The summed E-state index contributed by atoms with van der Waals surface area (Å²) in [5, 5.41) is 22.7. The van der Waals surface area contributed by atoms with Crippen molar-refractivity contribution in [2.45, 2.75) is 26.7 Å². The average molecular weight is 329 g/mol. The standard InChI is InChI=1S/C15H21ClN2O4/c1-10(2)7-11(5-6-19)9-17-15(20)13-8-12(18(21)22)3-4-14(13)16/h3-4,8,10-11,19H,5-7,9H2,1-2H3,(H,17,20). The molecule has 22 heavy (non-hydrogen) atoms. The van der Waals surface area contributed by atoms with Crippen LogP contribution in [0.15, 0.2) is 18.2 Å². The van der Waals surface area contributed by atoms with Crippen LogP contribution in [0.1, 0.15) is 37.0 Å². The van der Waals surface area contributed by atoms with E-state index >= 15 is 0 Å². The summed E-state index contributed by atoms with van der Waals surface area (Å²) in [5.41, 5.74) is -0.0909. The number of rotatable bonds is 8. The SMILES string of the molecule is CC(C)CC(CCO)CNC(=O)c1cc([N+](=O)[O-])ccc1Cl. The number of non-ortho nitro benzene ring substituents is 1. The lowest BCUT2D eigenvalue weighted by atomic mass is 9.94. The van der Waals surface area contributed by atoms with Crippen LogP contribution in [0, 0.1) is 22.0 Å². The minimum Gasteiger partial charge on any atom is -0.396 e. The molecule has 0 spiro atoms. The van der Waals surface area contributed by atoms with Crippen molar-refractivity contribution in [1.82, 2.24) is 5.32 Å². The molecule has 0 heterocycles. The molecular formula is C15H21ClN2O4. The van der Waals surface area contributed by atoms with Crippen molar-refractivity contribution in [3.05, 3.63) is 38.9 Å². The van der Waals surface area contributed by atoms with Gasteiger partial charge in [-0.2, -0.15) is 0 Å². The topological polar surface area (TPSA) is 92.5 Å². The summed E-state index contributed by atoms with van der Waals surface area (Å²) in [4.78, 5) is 22.3. The van der Waals surface area contributed by atoms with Crippen LogP contribution >= 0.6 is 11.6 Å². The van der Waals surface area contributed by atoms with E-state index in [2.05, 4.69) is 19.2 Å². The highest BCUT2D eigenvalue weighted by atomic mass is 35.5. The Morgan fingerprint density at radius 1 is 1.45 bits per heavy atom. The predicted molar refractivity (Wildman–Crippen MR) is 85.1 cm³/mol. The number of carbonyl (C=O) groups excluding carboxylic acids is 1. The summed E-state index contributed by atoms with van der Waals surface area (Å²) >= 11 is 5.93. The molecule has 0 aliphatic carbocycles. The van der Waals surface area contributed by atoms with Crippen LogP contribution in [-0.2, 0) is 0 Å². The van der Waals surface area contributed by atoms with Gasteiger partial charge in [0.1, 0.15) is 0 Å². The van der Waals surface area contributed by atoms with Crippen LogP contribution in [0.2, 0.25) is 5.02 Å². The van der Waals surface area contributed by atoms with E-state index in [1.807, 2.05) is 0 Å². The van der Waals surface area contributed by atoms with Gasteiger partial charge < -0.3 is 10.4 Å². The molecule has 1 aromatic rings. The fourth-order valence-corrected chi connectivity index (χ4v) is 2.49. The molecule has 0 bridgehead atoms. The van der Waals surface area contributed by atoms with E-state index in [0.29, 0.717) is 18.9 Å². The van der Waals surface area contributed by atoms with E-state index in [9.17, 15) is 14.9 Å². The monoisotopic (exact) mass is 328 g/mol. The first-order valence-electron chi connectivity index (χ1n) is 7.18. The molecule has 0 radical (unpaired) electrons. The maximum atomic E-state index is 12.2. The number of aliphatic hydroxyl groups excluding tert-OH is 1. The van der Waals surface area contributed by atoms with E-state index in [-0.39, 0.29) is 28.8 Å². The van der Waals surface area contributed by atoms with Crippen LogP contribution in [0.4, 0.5) is 5.69 Å². The molecule has 0 aliphatic rings. The molecule has 0 saturated carbocycles. The lowest BCUT2D eigenvalue weighted by Gasteiger charge is -2.18. The Balaban J connectivity index is 2.75. The van der Waals surface area contributed by atoms with E-state index < -0.39 is 10.8 Å². The van der Waals surface area contributed by atoms with Crippen molar-refractivity contribution in [2.75, 3.05) is 13.2 Å². The first kappa shape index (κ1) is 18.4. The molecule has 0 aliphatic heterocycles. The third-order valence-electron chi connectivity index (χ3n) is 3.30. The van der Waals surface area contributed by atoms with E-state index in [1.165, 1.54) is 18.2 Å². The zero-order chi connectivity index (χ0) is 16.7. The summed E-state index contributed by atoms with van der Waals surface area (Å²) in [7, 11) is 0. The number of hydrogen-bond acceptors (Lipinski definition) is 4. The first-order valence-corrected chi connectivity index (χ1v) is 7.56. The Morgan fingerprint density at radius 3 is 2.68 bits per heavy atom. The highest BCUT2D eigenvalue weighted by Crippen LogP contribution is 2.22. The van der Waals surface area contributed by atoms with Crippen molar-refractivity contribution in [1.29, 1.82) is 0 Å². The molecule has 1 amide bonds. The number of aliphatic hydroxyl groups is 1. The van der Waals surface area contributed by atoms with Gasteiger partial charge in [0.25, 0.3) is 11.6 Å². The number of hydrogen-bond donors (Lipinski definition) is 2. The Bertz CT molecular complexity index is 534. The average Bonchev–Trinajstić information content (AvgIpc) is 2.44. The highest BCUT2D eigenvalue weighted by Gasteiger charge is 2.17. The number of halogens is 1. The number of nitrogens with one attached hydrogen (secondary N) is 1. The van der Waals surface area contributed by atoms with Gasteiger partial charge >= 0.3 is 0 Å². The summed E-state index contributed by atoms with van der Waals surface area (Å²) < 4.78 is 0. The second kappa shape index (κ2) is 8.70. The van der Waals surface area contributed by atoms with E-state index in [0.717, 1.165) is 6.42 Å². The summed E-state index contributed by atoms with van der Waals surface area (Å²) in [5.74, 6) is 0.168. The normalized spacial score (nSPS) is 12.2. The predicted octanol–water partition coefficient (Wildman–Crippen LogP) is 3.02. The van der Waals surface area contributed by atoms with Crippen LogP contribution in [-0.4, -0.2) is 29.1 Å². The van der Waals surface area contributed by atoms with Crippen molar-refractivity contribution >= 4 is 23.2 Å². The third kappa shape index (κ3) is 5.61. The second-order valence-electron chi connectivity index (χ2n) is 5.64. The van der Waals surface area contributed by atoms with Gasteiger partial charge in [-0.15, -0.1) is 0 Å². The number of carbonyl (C=O) groups is 1. The van der Waals surface area contributed by atoms with Crippen molar-refractivity contribution in [2.24, 2.45) is 11.8 Å². The van der Waals surface area contributed by atoms with Crippen LogP contribution in [0.25, 0.3) is 0 Å². The third-order valence-corrected chi connectivity index (χ3v) is 3.63. The fraction of sp³-hybridized carbons (Fsp3) is 0.533. The van der Waals surface area contributed by atoms with Gasteiger partial charge in [-0.3, -0.25) is 14.9 Å². The fourth-order valence-electron chi connectivity index (χ4n) is 2.29. The lowest BCUT2D eigenvalue weighted by Crippen LogP contribution is -2.30. The van der Waals surface area contributed by atoms with E-state index in [4.69, 9.17) is 16.7 Å². The van der Waals surface area contributed by atoms with Gasteiger partial charge in [0.05, 0.1) is 15.5 Å². The summed E-state index contributed by atoms with van der Waals surface area (Å²) in [6.07, 6.45) is 1.48.